The lowest BCUT2D eigenvalue weighted by Gasteiger charge is -2.33. The molecule has 1 atom stereocenters. The number of halogens is 4. The molecule has 3 rings (SSSR count). The Kier molecular flexibility index (Phi) is 10.4. The number of rotatable bonds is 11. The summed E-state index contributed by atoms with van der Waals surface area (Å²) < 4.78 is 69.1. The van der Waals surface area contributed by atoms with Crippen molar-refractivity contribution < 1.29 is 31.2 Å². The summed E-state index contributed by atoms with van der Waals surface area (Å²) in [7, 11) is -4.58. The Bertz CT molecular complexity index is 1480. The second-order valence-electron chi connectivity index (χ2n) is 9.32. The Balaban J connectivity index is 2.16. The van der Waals surface area contributed by atoms with E-state index in [9.17, 15) is 31.2 Å². The van der Waals surface area contributed by atoms with Crippen LogP contribution in [0.25, 0.3) is 0 Å². The second-order valence-corrected chi connectivity index (χ2v) is 11.6. The fourth-order valence-corrected chi connectivity index (χ4v) is 6.05. The number of likely N-dealkylation sites (N-methyl/N-ethyl adjacent to an activating group) is 1. The lowest BCUT2D eigenvalue weighted by molar-refractivity contribution is -0.140. The molecule has 0 aromatic heterocycles. The quantitative estimate of drug-likeness (QED) is 0.297. The average molecular weight is 610 g/mol. The number of sulfonamides is 1. The van der Waals surface area contributed by atoms with Crippen LogP contribution in [0, 0.1) is 6.92 Å². The minimum absolute atomic E-state index is 0.0360. The molecule has 41 heavy (non-hydrogen) atoms. The third-order valence-corrected chi connectivity index (χ3v) is 8.42. The van der Waals surface area contributed by atoms with Gasteiger partial charge in [-0.25, -0.2) is 8.42 Å². The fraction of sp³-hybridized carbons (Fsp3) is 0.310. The predicted molar refractivity (Wildman–Crippen MR) is 152 cm³/mol. The van der Waals surface area contributed by atoms with Crippen molar-refractivity contribution in [2.75, 3.05) is 17.4 Å². The molecule has 220 valence electrons. The largest absolute Gasteiger partial charge is 0.416 e. The van der Waals surface area contributed by atoms with Gasteiger partial charge in [0, 0.05) is 13.1 Å². The Hall–Kier alpha value is -3.57. The van der Waals surface area contributed by atoms with Crippen molar-refractivity contribution in [2.24, 2.45) is 0 Å². The molecule has 3 aromatic rings. The van der Waals surface area contributed by atoms with Gasteiger partial charge in [-0.2, -0.15) is 13.2 Å². The van der Waals surface area contributed by atoms with Gasteiger partial charge < -0.3 is 10.2 Å². The standard InChI is InChI=1S/C29H31ClF3N3O4S/c1-4-25(28(38)34-5-2)35(18-21-11-9-10-20(3)16-21)27(37)19-36(41(39,40)23-12-7-6-8-13-23)26-17-22(29(31,32)33)14-15-24(26)30/h6-17,25H,4-5,18-19H2,1-3H3,(H,34,38)/t25-/m1/s1. The first-order valence-corrected chi connectivity index (χ1v) is 14.7. The van der Waals surface area contributed by atoms with E-state index in [1.165, 1.54) is 29.2 Å². The van der Waals surface area contributed by atoms with Gasteiger partial charge in [0.05, 0.1) is 21.2 Å². The smallest absolute Gasteiger partial charge is 0.355 e. The van der Waals surface area contributed by atoms with Gasteiger partial charge >= 0.3 is 6.18 Å². The number of carbonyl (C=O) groups is 2. The topological polar surface area (TPSA) is 86.8 Å². The maximum Gasteiger partial charge on any atom is 0.416 e. The van der Waals surface area contributed by atoms with Gasteiger partial charge in [0.25, 0.3) is 10.0 Å². The van der Waals surface area contributed by atoms with Crippen LogP contribution in [0.1, 0.15) is 37.0 Å². The molecule has 0 saturated heterocycles. The van der Waals surface area contributed by atoms with Crippen molar-refractivity contribution in [3.63, 3.8) is 0 Å². The molecule has 0 radical (unpaired) electrons. The van der Waals surface area contributed by atoms with E-state index in [0.717, 1.165) is 17.7 Å². The number of hydrogen-bond acceptors (Lipinski definition) is 4. The maximum absolute atomic E-state index is 14.0. The van der Waals surface area contributed by atoms with E-state index in [1.807, 2.05) is 19.1 Å². The highest BCUT2D eigenvalue weighted by atomic mass is 35.5. The SMILES string of the molecule is CCNC(=O)[C@@H](CC)N(Cc1cccc(C)c1)C(=O)CN(c1cc(C(F)(F)F)ccc1Cl)S(=O)(=O)c1ccccc1. The molecule has 12 heteroatoms. The molecule has 0 heterocycles. The highest BCUT2D eigenvalue weighted by molar-refractivity contribution is 7.92. The Labute approximate surface area is 243 Å². The number of aryl methyl sites for hydroxylation is 1. The van der Waals surface area contributed by atoms with Crippen LogP contribution < -0.4 is 9.62 Å². The summed E-state index contributed by atoms with van der Waals surface area (Å²) in [5, 5.41) is 2.39. The number of nitrogens with zero attached hydrogens (tertiary/aromatic N) is 2. The molecule has 0 bridgehead atoms. The Morgan fingerprint density at radius 1 is 0.976 bits per heavy atom. The highest BCUT2D eigenvalue weighted by Gasteiger charge is 2.36. The van der Waals surface area contributed by atoms with Gasteiger partial charge in [-0.3, -0.25) is 13.9 Å². The zero-order chi connectivity index (χ0) is 30.4. The van der Waals surface area contributed by atoms with Gasteiger partial charge in [0.1, 0.15) is 12.6 Å². The van der Waals surface area contributed by atoms with Crippen LogP contribution in [0.4, 0.5) is 18.9 Å². The molecule has 0 aliphatic carbocycles. The van der Waals surface area contributed by atoms with Crippen molar-refractivity contribution in [1.29, 1.82) is 0 Å². The van der Waals surface area contributed by atoms with Gasteiger partial charge in [-0.15, -0.1) is 0 Å². The monoisotopic (exact) mass is 609 g/mol. The van der Waals surface area contributed by atoms with E-state index in [4.69, 9.17) is 11.6 Å². The molecule has 3 aromatic carbocycles. The molecule has 0 spiro atoms. The second kappa shape index (κ2) is 13.4. The van der Waals surface area contributed by atoms with Crippen LogP contribution in [-0.4, -0.2) is 44.3 Å². The van der Waals surface area contributed by atoms with E-state index in [1.54, 1.807) is 32.0 Å². The summed E-state index contributed by atoms with van der Waals surface area (Å²) in [4.78, 5) is 27.9. The number of alkyl halides is 3. The molecule has 1 N–H and O–H groups in total. The molecule has 0 fully saturated rings. The van der Waals surface area contributed by atoms with E-state index in [2.05, 4.69) is 5.32 Å². The predicted octanol–water partition coefficient (Wildman–Crippen LogP) is 5.81. The summed E-state index contributed by atoms with van der Waals surface area (Å²) in [5.41, 5.74) is -0.0519. The molecule has 2 amide bonds. The van der Waals surface area contributed by atoms with Gasteiger partial charge in [-0.05, 0) is 56.2 Å². The lowest BCUT2D eigenvalue weighted by Crippen LogP contribution is -2.52. The molecule has 0 aliphatic heterocycles. The van der Waals surface area contributed by atoms with E-state index in [0.29, 0.717) is 22.5 Å². The van der Waals surface area contributed by atoms with Crippen LogP contribution in [0.3, 0.4) is 0 Å². The van der Waals surface area contributed by atoms with E-state index >= 15 is 0 Å². The number of benzene rings is 3. The Morgan fingerprint density at radius 2 is 1.66 bits per heavy atom. The van der Waals surface area contributed by atoms with E-state index in [-0.39, 0.29) is 22.9 Å². The molecular weight excluding hydrogens is 579 g/mol. The molecule has 0 aliphatic rings. The van der Waals surface area contributed by atoms with Crippen LogP contribution in [0.15, 0.2) is 77.7 Å². The first-order valence-electron chi connectivity index (χ1n) is 12.9. The Morgan fingerprint density at radius 3 is 2.24 bits per heavy atom. The summed E-state index contributed by atoms with van der Waals surface area (Å²) in [6.07, 6.45) is -4.59. The summed E-state index contributed by atoms with van der Waals surface area (Å²) in [6, 6.07) is 15.5. The first-order chi connectivity index (χ1) is 19.3. The normalized spacial score (nSPS) is 12.5. The van der Waals surface area contributed by atoms with Gasteiger partial charge in [0.2, 0.25) is 11.8 Å². The third-order valence-electron chi connectivity index (χ3n) is 6.32. The molecule has 7 nitrogen and oxygen atoms in total. The average Bonchev–Trinajstić information content (AvgIpc) is 2.92. The van der Waals surface area contributed by atoms with Crippen LogP contribution >= 0.6 is 11.6 Å². The number of hydrogen-bond donors (Lipinski definition) is 1. The van der Waals surface area contributed by atoms with Crippen LogP contribution in [0.5, 0.6) is 0 Å². The number of amides is 2. The van der Waals surface area contributed by atoms with Gasteiger partial charge in [-0.1, -0.05) is 66.6 Å². The van der Waals surface area contributed by atoms with Crippen LogP contribution in [-0.2, 0) is 32.3 Å². The van der Waals surface area contributed by atoms with Crippen LogP contribution in [0.2, 0.25) is 5.02 Å². The summed E-state index contributed by atoms with van der Waals surface area (Å²) in [5.74, 6) is -1.23. The zero-order valence-electron chi connectivity index (χ0n) is 22.8. The third kappa shape index (κ3) is 7.80. The molecule has 0 unspecified atom stereocenters. The highest BCUT2D eigenvalue weighted by Crippen LogP contribution is 2.37. The fourth-order valence-electron chi connectivity index (χ4n) is 4.33. The summed E-state index contributed by atoms with van der Waals surface area (Å²) >= 11 is 6.26. The number of carbonyl (C=O) groups excluding carboxylic acids is 2. The number of anilines is 1. The van der Waals surface area contributed by atoms with E-state index < -0.39 is 51.9 Å². The lowest BCUT2D eigenvalue weighted by atomic mass is 10.1. The van der Waals surface area contributed by atoms with Crippen molar-refractivity contribution in [3.05, 3.63) is 94.5 Å². The first kappa shape index (κ1) is 32.0. The van der Waals surface area contributed by atoms with Crippen molar-refractivity contribution >= 4 is 39.1 Å². The molecule has 0 saturated carbocycles. The van der Waals surface area contributed by atoms with Gasteiger partial charge in [0.15, 0.2) is 0 Å². The van der Waals surface area contributed by atoms with Crippen molar-refractivity contribution in [1.82, 2.24) is 10.2 Å². The minimum Gasteiger partial charge on any atom is -0.355 e. The van der Waals surface area contributed by atoms with Crippen molar-refractivity contribution in [2.45, 2.75) is 50.9 Å². The minimum atomic E-state index is -4.80. The zero-order valence-corrected chi connectivity index (χ0v) is 24.4. The van der Waals surface area contributed by atoms with Crippen molar-refractivity contribution in [3.8, 4) is 0 Å². The summed E-state index contributed by atoms with van der Waals surface area (Å²) in [6.45, 7) is 4.65. The number of nitrogens with one attached hydrogen (secondary N) is 1. The molecular formula is C29H31ClF3N3O4S. The maximum atomic E-state index is 14.0.